The van der Waals surface area contributed by atoms with Crippen LogP contribution in [0.15, 0.2) is 27.5 Å². The number of nitrogens with zero attached hydrogens (tertiary/aromatic N) is 1. The predicted molar refractivity (Wildman–Crippen MR) is 89.7 cm³/mol. The molecule has 7 heteroatoms. The number of aryl methyl sites for hydroxylation is 2. The minimum atomic E-state index is -0.423. The van der Waals surface area contributed by atoms with Gasteiger partial charge >= 0.3 is 0 Å². The number of fused-ring (bicyclic) bond motifs is 1. The van der Waals surface area contributed by atoms with E-state index in [1.54, 1.807) is 6.07 Å². The van der Waals surface area contributed by atoms with Gasteiger partial charge in [0.1, 0.15) is 10.6 Å². The number of halogens is 2. The Bertz CT molecular complexity index is 987. The topological polar surface area (TPSA) is 37.8 Å². The van der Waals surface area contributed by atoms with E-state index >= 15 is 0 Å². The molecule has 0 saturated carbocycles. The number of aromatic amines is 1. The Morgan fingerprint density at radius 1 is 1.38 bits per heavy atom. The van der Waals surface area contributed by atoms with E-state index in [0.717, 1.165) is 15.3 Å². The van der Waals surface area contributed by atoms with Crippen molar-refractivity contribution in [2.24, 2.45) is 0 Å². The third-order valence-corrected chi connectivity index (χ3v) is 5.45. The van der Waals surface area contributed by atoms with Crippen LogP contribution in [0.3, 0.4) is 0 Å². The summed E-state index contributed by atoms with van der Waals surface area (Å²) < 4.78 is 15.7. The highest BCUT2D eigenvalue weighted by Gasteiger charge is 2.15. The van der Waals surface area contributed by atoms with Gasteiger partial charge in [-0.15, -0.1) is 11.3 Å². The van der Waals surface area contributed by atoms with Crippen LogP contribution in [0.4, 0.5) is 4.39 Å². The largest absolute Gasteiger partial charge is 0.323 e. The summed E-state index contributed by atoms with van der Waals surface area (Å²) in [5.41, 5.74) is 1.08. The zero-order valence-electron chi connectivity index (χ0n) is 11.2. The lowest BCUT2D eigenvalue weighted by atomic mass is 10.2. The molecule has 1 N–H and O–H groups in total. The van der Waals surface area contributed by atoms with Crippen molar-refractivity contribution in [1.82, 2.24) is 9.55 Å². The van der Waals surface area contributed by atoms with Gasteiger partial charge < -0.3 is 4.98 Å². The quantitative estimate of drug-likeness (QED) is 0.621. The van der Waals surface area contributed by atoms with Gasteiger partial charge in [0.25, 0.3) is 5.56 Å². The molecular formula is C14H10BrFN2OS2. The maximum Gasteiger partial charge on any atom is 0.267 e. The van der Waals surface area contributed by atoms with Crippen molar-refractivity contribution in [2.45, 2.75) is 13.8 Å². The molecule has 0 amide bonds. The Morgan fingerprint density at radius 2 is 2.10 bits per heavy atom. The highest BCUT2D eigenvalue weighted by molar-refractivity contribution is 9.10. The van der Waals surface area contributed by atoms with Crippen molar-refractivity contribution in [1.29, 1.82) is 0 Å². The second-order valence-electron chi connectivity index (χ2n) is 4.65. The first-order chi connectivity index (χ1) is 9.90. The number of rotatable bonds is 1. The molecular weight excluding hydrogens is 375 g/mol. The van der Waals surface area contributed by atoms with E-state index in [1.807, 2.05) is 13.8 Å². The van der Waals surface area contributed by atoms with Crippen LogP contribution < -0.4 is 5.56 Å². The second-order valence-corrected chi connectivity index (χ2v) is 7.12. The first kappa shape index (κ1) is 14.6. The normalized spacial score (nSPS) is 11.2. The average Bonchev–Trinajstić information content (AvgIpc) is 2.69. The zero-order valence-corrected chi connectivity index (χ0v) is 14.4. The Labute approximate surface area is 137 Å². The summed E-state index contributed by atoms with van der Waals surface area (Å²) in [6.07, 6.45) is 0. The number of H-pyrrole nitrogens is 1. The molecule has 21 heavy (non-hydrogen) atoms. The van der Waals surface area contributed by atoms with Crippen LogP contribution in [0.5, 0.6) is 0 Å². The second kappa shape index (κ2) is 5.15. The van der Waals surface area contributed by atoms with Crippen molar-refractivity contribution in [2.75, 3.05) is 0 Å². The molecule has 0 aliphatic carbocycles. The molecule has 0 fully saturated rings. The van der Waals surface area contributed by atoms with Crippen LogP contribution in [-0.4, -0.2) is 9.55 Å². The molecule has 0 bridgehead atoms. The molecule has 0 aliphatic heterocycles. The molecule has 3 aromatic rings. The maximum atomic E-state index is 13.5. The van der Waals surface area contributed by atoms with E-state index in [-0.39, 0.29) is 10.3 Å². The lowest BCUT2D eigenvalue weighted by Crippen LogP contribution is -2.20. The SMILES string of the molecule is Cc1sc2[nH]c(=S)n(-c3cc(F)ccc3Br)c(=O)c2c1C. The summed E-state index contributed by atoms with van der Waals surface area (Å²) in [6.45, 7) is 3.86. The Hall–Kier alpha value is -1.31. The van der Waals surface area contributed by atoms with Crippen molar-refractivity contribution in [3.05, 3.63) is 54.1 Å². The molecule has 0 spiro atoms. The summed E-state index contributed by atoms with van der Waals surface area (Å²) in [6, 6.07) is 4.17. The van der Waals surface area contributed by atoms with Gasteiger partial charge in [0.15, 0.2) is 4.77 Å². The fraction of sp³-hybridized carbons (Fsp3) is 0.143. The molecule has 2 heterocycles. The molecule has 108 valence electrons. The minimum absolute atomic E-state index is 0.234. The summed E-state index contributed by atoms with van der Waals surface area (Å²) >= 11 is 10.1. The van der Waals surface area contributed by atoms with Gasteiger partial charge in [-0.05, 0) is 65.8 Å². The van der Waals surface area contributed by atoms with Crippen molar-refractivity contribution < 1.29 is 4.39 Å². The minimum Gasteiger partial charge on any atom is -0.323 e. The smallest absolute Gasteiger partial charge is 0.267 e. The van der Waals surface area contributed by atoms with E-state index < -0.39 is 5.82 Å². The number of hydrogen-bond donors (Lipinski definition) is 1. The van der Waals surface area contributed by atoms with E-state index in [1.165, 1.54) is 28.0 Å². The summed E-state index contributed by atoms with van der Waals surface area (Å²) in [7, 11) is 0. The third kappa shape index (κ3) is 2.29. The molecule has 1 aromatic carbocycles. The molecule has 0 radical (unpaired) electrons. The average molecular weight is 385 g/mol. The number of nitrogens with one attached hydrogen (secondary N) is 1. The number of thiophene rings is 1. The van der Waals surface area contributed by atoms with Crippen molar-refractivity contribution >= 4 is 49.7 Å². The molecule has 0 aliphatic rings. The Balaban J connectivity index is 2.49. The molecule has 3 nitrogen and oxygen atoms in total. The van der Waals surface area contributed by atoms with Crippen LogP contribution in [0, 0.1) is 24.4 Å². The van der Waals surface area contributed by atoms with E-state index in [2.05, 4.69) is 20.9 Å². The number of aromatic nitrogens is 2. The highest BCUT2D eigenvalue weighted by atomic mass is 79.9. The van der Waals surface area contributed by atoms with Crippen LogP contribution in [0.1, 0.15) is 10.4 Å². The monoisotopic (exact) mass is 384 g/mol. The lowest BCUT2D eigenvalue weighted by molar-refractivity contribution is 0.625. The van der Waals surface area contributed by atoms with Crippen LogP contribution in [0.2, 0.25) is 0 Å². The van der Waals surface area contributed by atoms with Crippen molar-refractivity contribution in [3.8, 4) is 5.69 Å². The summed E-state index contributed by atoms with van der Waals surface area (Å²) in [4.78, 5) is 17.7. The zero-order chi connectivity index (χ0) is 15.3. The third-order valence-electron chi connectivity index (χ3n) is 3.37. The van der Waals surface area contributed by atoms with E-state index in [9.17, 15) is 9.18 Å². The predicted octanol–water partition coefficient (Wildman–Crippen LogP) is 4.63. The summed E-state index contributed by atoms with van der Waals surface area (Å²) in [5.74, 6) is -0.423. The lowest BCUT2D eigenvalue weighted by Gasteiger charge is -2.09. The fourth-order valence-corrected chi connectivity index (χ4v) is 4.03. The first-order valence-corrected chi connectivity index (χ1v) is 8.12. The van der Waals surface area contributed by atoms with Gasteiger partial charge in [0.05, 0.1) is 11.1 Å². The maximum absolute atomic E-state index is 13.5. The first-order valence-electron chi connectivity index (χ1n) is 6.10. The van der Waals surface area contributed by atoms with Gasteiger partial charge in [-0.1, -0.05) is 0 Å². The molecule has 3 rings (SSSR count). The van der Waals surface area contributed by atoms with Gasteiger partial charge in [-0.25, -0.2) is 4.39 Å². The van der Waals surface area contributed by atoms with Gasteiger partial charge in [-0.2, -0.15) is 0 Å². The van der Waals surface area contributed by atoms with Crippen LogP contribution >= 0.6 is 39.5 Å². The van der Waals surface area contributed by atoms with Crippen LogP contribution in [0.25, 0.3) is 15.9 Å². The molecule has 0 unspecified atom stereocenters. The number of hydrogen-bond acceptors (Lipinski definition) is 3. The van der Waals surface area contributed by atoms with E-state index in [4.69, 9.17) is 12.2 Å². The fourth-order valence-electron chi connectivity index (χ4n) is 2.21. The van der Waals surface area contributed by atoms with Crippen molar-refractivity contribution in [3.63, 3.8) is 0 Å². The van der Waals surface area contributed by atoms with Crippen LogP contribution in [-0.2, 0) is 0 Å². The van der Waals surface area contributed by atoms with Gasteiger partial charge in [0.2, 0.25) is 0 Å². The Morgan fingerprint density at radius 3 is 2.81 bits per heavy atom. The van der Waals surface area contributed by atoms with Gasteiger partial charge in [0, 0.05) is 9.35 Å². The number of benzene rings is 1. The Kier molecular flexibility index (Phi) is 3.59. The standard InChI is InChI=1S/C14H10BrFN2OS2/c1-6-7(2)21-12-11(6)13(19)18(14(20)17-12)10-5-8(16)3-4-9(10)15/h3-5H,1-2H3,(H,17,20). The molecule has 0 saturated heterocycles. The molecule has 0 atom stereocenters. The molecule has 2 aromatic heterocycles. The highest BCUT2D eigenvalue weighted by Crippen LogP contribution is 2.27. The summed E-state index contributed by atoms with van der Waals surface area (Å²) in [5, 5.41) is 0.599. The van der Waals surface area contributed by atoms with Gasteiger partial charge in [-0.3, -0.25) is 9.36 Å². The van der Waals surface area contributed by atoms with E-state index in [0.29, 0.717) is 15.5 Å².